The molecule has 39 heavy (non-hydrogen) atoms. The molecule has 1 aliphatic heterocycles. The van der Waals surface area contributed by atoms with Gasteiger partial charge in [-0.15, -0.1) is 0 Å². The summed E-state index contributed by atoms with van der Waals surface area (Å²) >= 11 is 0. The number of ether oxygens (including phenoxy) is 4. The molecule has 208 valence electrons. The second-order valence-corrected chi connectivity index (χ2v) is 10.3. The van der Waals surface area contributed by atoms with Gasteiger partial charge < -0.3 is 18.9 Å². The summed E-state index contributed by atoms with van der Waals surface area (Å²) in [6, 6.07) is 16.7. The lowest BCUT2D eigenvalue weighted by Crippen LogP contribution is -2.62. The quantitative estimate of drug-likeness (QED) is 0.164. The molecule has 5 atom stereocenters. The average molecular weight is 560 g/mol. The van der Waals surface area contributed by atoms with Crippen LogP contribution in [0.1, 0.15) is 31.9 Å². The molecule has 13 heteroatoms. The average Bonchev–Trinajstić information content (AvgIpc) is 2.90. The van der Waals surface area contributed by atoms with Crippen LogP contribution in [0.15, 0.2) is 60.7 Å². The minimum absolute atomic E-state index is 0.0874. The molecule has 1 saturated heterocycles. The Hall–Kier alpha value is -3.02. The van der Waals surface area contributed by atoms with Gasteiger partial charge in [-0.3, -0.25) is 28.0 Å². The lowest BCUT2D eigenvalue weighted by atomic mass is 9.84. The predicted octanol–water partition coefficient (Wildman–Crippen LogP) is 3.23. The molecular weight excluding hydrogens is 530 g/mol. The van der Waals surface area contributed by atoms with Crippen LogP contribution in [0, 0.1) is 0 Å². The Labute approximate surface area is 228 Å². The lowest BCUT2D eigenvalue weighted by molar-refractivity contribution is -0.237. The zero-order valence-electron chi connectivity index (χ0n) is 21.8. The van der Waals surface area contributed by atoms with Gasteiger partial charge in [-0.25, -0.2) is 4.57 Å². The molecule has 3 rings (SSSR count). The van der Waals surface area contributed by atoms with E-state index in [1.54, 1.807) is 48.5 Å². The van der Waals surface area contributed by atoms with E-state index in [0.29, 0.717) is 0 Å². The zero-order valence-corrected chi connectivity index (χ0v) is 22.7. The van der Waals surface area contributed by atoms with Crippen LogP contribution < -0.4 is 0 Å². The zero-order chi connectivity index (χ0) is 28.4. The summed E-state index contributed by atoms with van der Waals surface area (Å²) in [5.41, 5.74) is 1.44. The van der Waals surface area contributed by atoms with E-state index in [2.05, 4.69) is 0 Å². The van der Waals surface area contributed by atoms with Crippen molar-refractivity contribution in [3.63, 3.8) is 0 Å². The van der Waals surface area contributed by atoms with E-state index in [1.165, 1.54) is 0 Å². The van der Waals surface area contributed by atoms with Gasteiger partial charge in [0.1, 0.15) is 14.0 Å². The Kier molecular flexibility index (Phi) is 11.3. The highest BCUT2D eigenvalue weighted by molar-refractivity contribution is 7.48. The number of carbonyl (C=O) groups excluding carboxylic acids is 3. The number of phosphoric acid groups is 1. The maximum Gasteiger partial charge on any atom is 0.475 e. The predicted molar refractivity (Wildman–Crippen MR) is 137 cm³/mol. The van der Waals surface area contributed by atoms with Crippen LogP contribution in [0.3, 0.4) is 0 Å². The fraction of sp³-hybridized carbons (Fsp3) is 0.423. The van der Waals surface area contributed by atoms with Gasteiger partial charge in [-0.2, -0.15) is 0 Å². The third kappa shape index (κ3) is 9.59. The van der Waals surface area contributed by atoms with E-state index >= 15 is 0 Å². The van der Waals surface area contributed by atoms with Crippen LogP contribution in [0.5, 0.6) is 0 Å². The van der Waals surface area contributed by atoms with Gasteiger partial charge in [0.15, 0.2) is 18.3 Å². The van der Waals surface area contributed by atoms with Gasteiger partial charge in [0.2, 0.25) is 0 Å². The van der Waals surface area contributed by atoms with E-state index in [9.17, 15) is 18.9 Å². The fourth-order valence-corrected chi connectivity index (χ4v) is 4.96. The van der Waals surface area contributed by atoms with Crippen LogP contribution in [-0.2, 0) is 64.7 Å². The largest absolute Gasteiger partial charge is 0.475 e. The van der Waals surface area contributed by atoms with Crippen molar-refractivity contribution < 1.29 is 51.5 Å². The SMILES string of the molecule is [B][C@H]1OC(COP(=O)(OCc2ccccc2)OCc2ccccc2)[C@@H](OC(C)=O)C(OC(C)=O)C1OC(C)=O. The molecule has 0 aromatic heterocycles. The topological polar surface area (TPSA) is 133 Å². The highest BCUT2D eigenvalue weighted by Gasteiger charge is 2.50. The number of carbonyl (C=O) groups is 3. The number of phosphoric ester groups is 1. The number of benzene rings is 2. The van der Waals surface area contributed by atoms with E-state index in [0.717, 1.165) is 31.9 Å². The van der Waals surface area contributed by atoms with Crippen molar-refractivity contribution in [2.45, 2.75) is 64.4 Å². The third-order valence-electron chi connectivity index (χ3n) is 5.44. The first-order valence-electron chi connectivity index (χ1n) is 12.1. The third-order valence-corrected chi connectivity index (χ3v) is 6.79. The van der Waals surface area contributed by atoms with Gasteiger partial charge in [-0.1, -0.05) is 60.7 Å². The summed E-state index contributed by atoms with van der Waals surface area (Å²) in [4.78, 5) is 35.4. The van der Waals surface area contributed by atoms with Gasteiger partial charge in [0.05, 0.1) is 25.8 Å². The van der Waals surface area contributed by atoms with Crippen molar-refractivity contribution in [3.05, 3.63) is 71.8 Å². The molecular formula is C26H30BO11P. The molecule has 3 unspecified atom stereocenters. The minimum atomic E-state index is -4.24. The Balaban J connectivity index is 1.81. The van der Waals surface area contributed by atoms with Crippen LogP contribution >= 0.6 is 7.82 Å². The molecule has 0 saturated carbocycles. The maximum absolute atomic E-state index is 13.7. The minimum Gasteiger partial charge on any atom is -0.457 e. The van der Waals surface area contributed by atoms with Crippen molar-refractivity contribution in [2.75, 3.05) is 6.61 Å². The van der Waals surface area contributed by atoms with E-state index in [-0.39, 0.29) is 13.2 Å². The van der Waals surface area contributed by atoms with Gasteiger partial charge in [0.25, 0.3) is 0 Å². The van der Waals surface area contributed by atoms with Crippen molar-refractivity contribution >= 4 is 33.6 Å². The first-order chi connectivity index (χ1) is 18.6. The first-order valence-corrected chi connectivity index (χ1v) is 13.6. The number of rotatable bonds is 12. The lowest BCUT2D eigenvalue weighted by Gasteiger charge is -2.44. The Morgan fingerprint density at radius 3 is 1.62 bits per heavy atom. The molecule has 2 aromatic rings. The van der Waals surface area contributed by atoms with Gasteiger partial charge in [0, 0.05) is 20.8 Å². The van der Waals surface area contributed by atoms with Crippen LogP contribution in [0.25, 0.3) is 0 Å². The molecule has 1 aliphatic rings. The van der Waals surface area contributed by atoms with Gasteiger partial charge in [-0.05, 0) is 11.1 Å². The van der Waals surface area contributed by atoms with E-state index in [4.69, 9.17) is 40.4 Å². The molecule has 11 nitrogen and oxygen atoms in total. The smallest absolute Gasteiger partial charge is 0.457 e. The van der Waals surface area contributed by atoms with Crippen molar-refractivity contribution in [2.24, 2.45) is 0 Å². The van der Waals surface area contributed by atoms with Crippen molar-refractivity contribution in [1.82, 2.24) is 0 Å². The number of hydrogen-bond donors (Lipinski definition) is 0. The van der Waals surface area contributed by atoms with Crippen LogP contribution in [-0.4, -0.2) is 62.8 Å². The maximum atomic E-state index is 13.7. The molecule has 0 spiro atoms. The van der Waals surface area contributed by atoms with Crippen LogP contribution in [0.2, 0.25) is 0 Å². The second kappa shape index (κ2) is 14.4. The van der Waals surface area contributed by atoms with Gasteiger partial charge >= 0.3 is 25.7 Å². The Morgan fingerprint density at radius 2 is 1.15 bits per heavy atom. The highest BCUT2D eigenvalue weighted by Crippen LogP contribution is 2.51. The molecule has 0 amide bonds. The molecule has 2 radical (unpaired) electrons. The molecule has 1 heterocycles. The van der Waals surface area contributed by atoms with Crippen LogP contribution in [0.4, 0.5) is 0 Å². The summed E-state index contributed by atoms with van der Waals surface area (Å²) in [6.45, 7) is 2.72. The molecule has 1 fully saturated rings. The number of hydrogen-bond acceptors (Lipinski definition) is 11. The fourth-order valence-electron chi connectivity index (χ4n) is 3.79. The summed E-state index contributed by atoms with van der Waals surface area (Å²) in [6.07, 6.45) is -5.15. The molecule has 0 N–H and O–H groups in total. The molecule has 0 bridgehead atoms. The van der Waals surface area contributed by atoms with Crippen molar-refractivity contribution in [1.29, 1.82) is 0 Å². The summed E-state index contributed by atoms with van der Waals surface area (Å²) in [5.74, 6) is -2.21. The van der Waals surface area contributed by atoms with Crippen molar-refractivity contribution in [3.8, 4) is 0 Å². The monoisotopic (exact) mass is 560 g/mol. The Bertz CT molecular complexity index is 1100. The number of esters is 3. The van der Waals surface area contributed by atoms with E-state index < -0.39 is 62.8 Å². The van der Waals surface area contributed by atoms with E-state index in [1.807, 2.05) is 12.1 Å². The molecule has 2 aromatic carbocycles. The summed E-state index contributed by atoms with van der Waals surface area (Å²) in [7, 11) is 1.83. The first kappa shape index (κ1) is 30.5. The Morgan fingerprint density at radius 1 is 0.718 bits per heavy atom. The summed E-state index contributed by atoms with van der Waals surface area (Å²) in [5, 5.41) is 0. The standard InChI is InChI=1S/C26H30BO11P/c1-17(28)35-23-22(38-26(27)25(37-19(3)30)24(23)36-18(2)29)16-34-39(31,32-14-20-10-6-4-7-11-20)33-15-21-12-8-5-9-13-21/h4-13,22-26H,14-16H2,1-3H3/t22?,23-,24?,25?,26+/m1/s1. The second-order valence-electron chi connectivity index (χ2n) is 8.62. The summed E-state index contributed by atoms with van der Waals surface area (Å²) < 4.78 is 52.1. The normalized spacial score (nSPS) is 23.0. The molecule has 0 aliphatic carbocycles. The highest BCUT2D eigenvalue weighted by atomic mass is 31.2.